The molecule has 0 atom stereocenters. The van der Waals surface area contributed by atoms with Gasteiger partial charge in [-0.15, -0.1) is 0 Å². The van der Waals surface area contributed by atoms with Gasteiger partial charge in [-0.1, -0.05) is 15.9 Å². The summed E-state index contributed by atoms with van der Waals surface area (Å²) in [5.74, 6) is -8.57. The van der Waals surface area contributed by atoms with Gasteiger partial charge in [-0.3, -0.25) is 0 Å². The summed E-state index contributed by atoms with van der Waals surface area (Å²) in [6, 6.07) is 1.95. The number of rotatable bonds is 5. The predicted octanol–water partition coefficient (Wildman–Crippen LogP) is 5.07. The van der Waals surface area contributed by atoms with Crippen LogP contribution >= 0.6 is 15.9 Å². The van der Waals surface area contributed by atoms with Gasteiger partial charge in [0.15, 0.2) is 29.0 Å². The van der Waals surface area contributed by atoms with Crippen molar-refractivity contribution in [3.8, 4) is 11.5 Å². The number of carbonyl (C=O) groups is 2. The minimum atomic E-state index is -5.04. The Balaban J connectivity index is 2.20. The summed E-state index contributed by atoms with van der Waals surface area (Å²) >= 11 is 2.98. The number of nitrogens with zero attached hydrogens (tertiary/aromatic N) is 1. The van der Waals surface area contributed by atoms with Crippen LogP contribution in [0.3, 0.4) is 0 Å². The summed E-state index contributed by atoms with van der Waals surface area (Å²) in [7, 11) is 2.01. The fourth-order valence-corrected chi connectivity index (χ4v) is 3.54. The number of alkyl halides is 3. The van der Waals surface area contributed by atoms with E-state index in [1.54, 1.807) is 0 Å². The highest BCUT2D eigenvalue weighted by Gasteiger charge is 2.37. The number of methoxy groups -OCH3 is 2. The lowest BCUT2D eigenvalue weighted by Crippen LogP contribution is -2.39. The molecule has 0 fully saturated rings. The Morgan fingerprint density at radius 1 is 0.971 bits per heavy atom. The molecule has 0 saturated heterocycles. The van der Waals surface area contributed by atoms with Gasteiger partial charge >= 0.3 is 18.1 Å². The lowest BCUT2D eigenvalue weighted by atomic mass is 10.1. The van der Waals surface area contributed by atoms with E-state index in [-0.39, 0.29) is 22.2 Å². The van der Waals surface area contributed by atoms with Crippen molar-refractivity contribution in [1.82, 2.24) is 0 Å². The van der Waals surface area contributed by atoms with Gasteiger partial charge in [-0.05, 0) is 24.3 Å². The standard InChI is InChI=1S/C21H14BrF6NO6/c1-32-19(30)11-7-34-8-29(16(11)20(31)33-2)17-12(23)5-10(22)6-15(17)35-18-13(24)3-9(4-14(18)25)21(26,27)28/h3-6H,7-8H2,1-2H3. The summed E-state index contributed by atoms with van der Waals surface area (Å²) in [4.78, 5) is 25.5. The molecular weight excluding hydrogens is 556 g/mol. The van der Waals surface area contributed by atoms with Gasteiger partial charge < -0.3 is 23.8 Å². The summed E-state index contributed by atoms with van der Waals surface area (Å²) in [6.45, 7) is -0.956. The monoisotopic (exact) mass is 569 g/mol. The molecule has 0 radical (unpaired) electrons. The number of esters is 2. The zero-order chi connectivity index (χ0) is 26.1. The second-order valence-corrected chi connectivity index (χ2v) is 7.73. The third kappa shape index (κ3) is 5.37. The largest absolute Gasteiger partial charge is 0.466 e. The Kier molecular flexibility index (Phi) is 7.65. The smallest absolute Gasteiger partial charge is 0.416 e. The van der Waals surface area contributed by atoms with Gasteiger partial charge in [0.2, 0.25) is 0 Å². The van der Waals surface area contributed by atoms with E-state index >= 15 is 4.39 Å². The minimum Gasteiger partial charge on any atom is -0.466 e. The SMILES string of the molecule is COC(=O)C1=C(C(=O)OC)N(c2c(F)cc(Br)cc2Oc2c(F)cc(C(F)(F)F)cc2F)COC1. The first-order valence-corrected chi connectivity index (χ1v) is 10.2. The summed E-state index contributed by atoms with van der Waals surface area (Å²) < 4.78 is 102. The van der Waals surface area contributed by atoms with Gasteiger partial charge in [0.1, 0.15) is 18.1 Å². The number of carbonyl (C=O) groups excluding carboxylic acids is 2. The number of benzene rings is 2. The Bertz CT molecular complexity index is 1190. The molecule has 0 aromatic heterocycles. The van der Waals surface area contributed by atoms with Crippen LogP contribution in [-0.4, -0.2) is 39.5 Å². The van der Waals surface area contributed by atoms with E-state index in [1.807, 2.05) is 0 Å². The fraction of sp³-hybridized carbons (Fsp3) is 0.238. The van der Waals surface area contributed by atoms with E-state index in [2.05, 4.69) is 25.4 Å². The maximum Gasteiger partial charge on any atom is 0.416 e. The summed E-state index contributed by atoms with van der Waals surface area (Å²) in [5.41, 5.74) is -3.10. The van der Waals surface area contributed by atoms with Crippen molar-refractivity contribution in [3.63, 3.8) is 0 Å². The number of ether oxygens (including phenoxy) is 4. The number of anilines is 1. The molecule has 0 bridgehead atoms. The molecule has 0 spiro atoms. The van der Waals surface area contributed by atoms with E-state index in [0.717, 1.165) is 31.3 Å². The molecule has 1 aliphatic heterocycles. The lowest BCUT2D eigenvalue weighted by molar-refractivity contribution is -0.140. The average Bonchev–Trinajstić information content (AvgIpc) is 2.78. The van der Waals surface area contributed by atoms with Crippen molar-refractivity contribution in [2.24, 2.45) is 0 Å². The minimum absolute atomic E-state index is 0.00553. The molecule has 35 heavy (non-hydrogen) atoms. The van der Waals surface area contributed by atoms with Crippen LogP contribution < -0.4 is 9.64 Å². The van der Waals surface area contributed by atoms with E-state index in [0.29, 0.717) is 0 Å². The van der Waals surface area contributed by atoms with E-state index in [4.69, 9.17) is 9.47 Å². The topological polar surface area (TPSA) is 74.3 Å². The quantitative estimate of drug-likeness (QED) is 0.367. The second kappa shape index (κ2) is 10.2. The van der Waals surface area contributed by atoms with Crippen LogP contribution in [0.25, 0.3) is 0 Å². The third-order valence-electron chi connectivity index (χ3n) is 4.63. The van der Waals surface area contributed by atoms with Gasteiger partial charge in [-0.2, -0.15) is 13.2 Å². The molecule has 1 heterocycles. The molecule has 188 valence electrons. The van der Waals surface area contributed by atoms with Crippen LogP contribution in [-0.2, 0) is 30.0 Å². The number of halogens is 7. The van der Waals surface area contributed by atoms with Crippen LogP contribution in [0.4, 0.5) is 32.0 Å². The summed E-state index contributed by atoms with van der Waals surface area (Å²) in [5, 5.41) is 0. The fourth-order valence-electron chi connectivity index (χ4n) is 3.13. The molecule has 7 nitrogen and oxygen atoms in total. The van der Waals surface area contributed by atoms with Gasteiger partial charge in [0.05, 0.1) is 32.0 Å². The normalized spacial score (nSPS) is 14.1. The maximum absolute atomic E-state index is 15.1. The predicted molar refractivity (Wildman–Crippen MR) is 110 cm³/mol. The first-order valence-electron chi connectivity index (χ1n) is 9.37. The molecule has 0 aliphatic carbocycles. The molecule has 0 unspecified atom stereocenters. The van der Waals surface area contributed by atoms with Crippen molar-refractivity contribution < 1.29 is 54.9 Å². The highest BCUT2D eigenvalue weighted by molar-refractivity contribution is 9.10. The number of hydrogen-bond donors (Lipinski definition) is 0. The zero-order valence-electron chi connectivity index (χ0n) is 17.8. The molecule has 14 heteroatoms. The summed E-state index contributed by atoms with van der Waals surface area (Å²) in [6.07, 6.45) is -5.04. The molecule has 3 rings (SSSR count). The van der Waals surface area contributed by atoms with Gasteiger partial charge in [0.25, 0.3) is 0 Å². The van der Waals surface area contributed by atoms with Crippen LogP contribution in [0.2, 0.25) is 0 Å². The molecule has 0 saturated carbocycles. The number of hydrogen-bond acceptors (Lipinski definition) is 7. The van der Waals surface area contributed by atoms with E-state index in [1.165, 1.54) is 0 Å². The first-order chi connectivity index (χ1) is 16.4. The van der Waals surface area contributed by atoms with Crippen molar-refractivity contribution >= 4 is 33.6 Å². The third-order valence-corrected chi connectivity index (χ3v) is 5.09. The van der Waals surface area contributed by atoms with Crippen LogP contribution in [0.5, 0.6) is 11.5 Å². The molecule has 2 aromatic carbocycles. The highest BCUT2D eigenvalue weighted by Crippen LogP contribution is 2.43. The van der Waals surface area contributed by atoms with Crippen LogP contribution in [0.15, 0.2) is 40.0 Å². The van der Waals surface area contributed by atoms with Gasteiger partial charge in [0, 0.05) is 4.47 Å². The zero-order valence-corrected chi connectivity index (χ0v) is 19.4. The Morgan fingerprint density at radius 2 is 1.57 bits per heavy atom. The lowest BCUT2D eigenvalue weighted by Gasteiger charge is -2.32. The van der Waals surface area contributed by atoms with Crippen molar-refractivity contribution in [3.05, 3.63) is 63.0 Å². The van der Waals surface area contributed by atoms with Gasteiger partial charge in [-0.25, -0.2) is 22.8 Å². The maximum atomic E-state index is 15.1. The van der Waals surface area contributed by atoms with Crippen LogP contribution in [0.1, 0.15) is 5.56 Å². The first kappa shape index (κ1) is 26.3. The molecule has 2 aromatic rings. The molecule has 0 N–H and O–H groups in total. The van der Waals surface area contributed by atoms with E-state index in [9.17, 15) is 31.5 Å². The van der Waals surface area contributed by atoms with Crippen LogP contribution in [0, 0.1) is 17.5 Å². The Hall–Kier alpha value is -3.26. The molecule has 1 aliphatic rings. The van der Waals surface area contributed by atoms with E-state index < -0.39 is 77.4 Å². The Morgan fingerprint density at radius 3 is 2.11 bits per heavy atom. The van der Waals surface area contributed by atoms with Crippen molar-refractivity contribution in [2.45, 2.75) is 6.18 Å². The average molecular weight is 570 g/mol. The second-order valence-electron chi connectivity index (χ2n) is 6.82. The highest BCUT2D eigenvalue weighted by atomic mass is 79.9. The molecular formula is C21H14BrF6NO6. The van der Waals surface area contributed by atoms with Crippen molar-refractivity contribution in [1.29, 1.82) is 0 Å². The Labute approximate surface area is 201 Å². The van der Waals surface area contributed by atoms with Crippen molar-refractivity contribution in [2.75, 3.05) is 32.5 Å². The molecule has 0 amide bonds.